The van der Waals surface area contributed by atoms with E-state index in [-0.39, 0.29) is 0 Å². The molecule has 3 heteroatoms. The fraction of sp³-hybridized carbons (Fsp3) is 1.00. The Balaban J connectivity index is 2.34. The molecule has 0 fully saturated rings. The standard InChI is InChI=1S/C3H6B2S/c4-2-1-3-6-5/h1-3H2. The first-order chi connectivity index (χ1) is 2.91. The molecule has 0 saturated heterocycles. The van der Waals surface area contributed by atoms with Gasteiger partial charge in [0, 0.05) is 0 Å². The minimum Gasteiger partial charge on any atom is -0.227 e. The van der Waals surface area contributed by atoms with Gasteiger partial charge in [0.15, 0.2) is 7.12 Å². The van der Waals surface area contributed by atoms with Crippen LogP contribution in [0.1, 0.15) is 6.42 Å². The molecule has 0 aliphatic heterocycles. The van der Waals surface area contributed by atoms with E-state index in [1.54, 1.807) is 0 Å². The van der Waals surface area contributed by atoms with E-state index in [0.717, 1.165) is 18.5 Å². The summed E-state index contributed by atoms with van der Waals surface area (Å²) in [6, 6.07) is 0. The second-order valence-electron chi connectivity index (χ2n) is 1.01. The van der Waals surface area contributed by atoms with Crippen LogP contribution in [0.5, 0.6) is 0 Å². The third-order valence-corrected chi connectivity index (χ3v) is 0.991. The van der Waals surface area contributed by atoms with Crippen molar-refractivity contribution in [3.63, 3.8) is 0 Å². The first kappa shape index (κ1) is 6.48. The van der Waals surface area contributed by atoms with Crippen molar-refractivity contribution in [2.75, 3.05) is 5.75 Å². The predicted octanol–water partition coefficient (Wildman–Crippen LogP) is 0.780. The maximum absolute atomic E-state index is 5.15. The van der Waals surface area contributed by atoms with Crippen molar-refractivity contribution in [2.45, 2.75) is 12.7 Å². The molecule has 30 valence electrons. The normalized spacial score (nSPS) is 8.67. The smallest absolute Gasteiger partial charge is 0.161 e. The summed E-state index contributed by atoms with van der Waals surface area (Å²) in [6.45, 7) is 0. The van der Waals surface area contributed by atoms with Gasteiger partial charge in [0.25, 0.3) is 0 Å². The van der Waals surface area contributed by atoms with Gasteiger partial charge in [-0.3, -0.25) is 0 Å². The Morgan fingerprint density at radius 2 is 2.17 bits per heavy atom. The fourth-order valence-electron chi connectivity index (χ4n) is 0.167. The zero-order chi connectivity index (χ0) is 4.83. The summed E-state index contributed by atoms with van der Waals surface area (Å²) >= 11 is 1.35. The molecule has 0 aliphatic rings. The van der Waals surface area contributed by atoms with E-state index >= 15 is 0 Å². The van der Waals surface area contributed by atoms with E-state index in [4.69, 9.17) is 15.0 Å². The second kappa shape index (κ2) is 5.48. The van der Waals surface area contributed by atoms with E-state index in [1.807, 2.05) is 0 Å². The van der Waals surface area contributed by atoms with Crippen molar-refractivity contribution in [3.05, 3.63) is 0 Å². The van der Waals surface area contributed by atoms with E-state index in [0.29, 0.717) is 0 Å². The average molecular weight is 95.8 g/mol. The van der Waals surface area contributed by atoms with Gasteiger partial charge in [-0.25, -0.2) is 11.6 Å². The lowest BCUT2D eigenvalue weighted by molar-refractivity contribution is 1.10. The molecule has 0 atom stereocenters. The SMILES string of the molecule is [B]CCCS[B]. The van der Waals surface area contributed by atoms with Gasteiger partial charge in [-0.2, -0.15) is 0 Å². The van der Waals surface area contributed by atoms with Crippen molar-refractivity contribution in [2.24, 2.45) is 0 Å². The Morgan fingerprint density at radius 3 is 2.33 bits per heavy atom. The van der Waals surface area contributed by atoms with Crippen LogP contribution in [0.25, 0.3) is 0 Å². The molecule has 0 aromatic carbocycles. The Bertz CT molecular complexity index is 20.8. The third kappa shape index (κ3) is 4.48. The predicted molar refractivity (Wildman–Crippen MR) is 33.4 cm³/mol. The Labute approximate surface area is 45.8 Å². The zero-order valence-corrected chi connectivity index (χ0v) is 4.50. The lowest BCUT2D eigenvalue weighted by Crippen LogP contribution is -1.74. The molecule has 0 spiro atoms. The van der Waals surface area contributed by atoms with Gasteiger partial charge in [-0.15, -0.1) is 0 Å². The fourth-order valence-corrected chi connectivity index (χ4v) is 0.500. The Morgan fingerprint density at radius 1 is 1.50 bits per heavy atom. The lowest BCUT2D eigenvalue weighted by atomic mass is 10.0. The lowest BCUT2D eigenvalue weighted by Gasteiger charge is -1.87. The first-order valence-corrected chi connectivity index (χ1v) is 2.98. The molecule has 4 radical (unpaired) electrons. The monoisotopic (exact) mass is 96.0 g/mol. The van der Waals surface area contributed by atoms with Gasteiger partial charge in [0.1, 0.15) is 0 Å². The largest absolute Gasteiger partial charge is 0.227 e. The van der Waals surface area contributed by atoms with Crippen LogP contribution in [0.3, 0.4) is 0 Å². The van der Waals surface area contributed by atoms with Crippen molar-refractivity contribution in [1.82, 2.24) is 0 Å². The quantitative estimate of drug-likeness (QED) is 0.369. The molecule has 0 nitrogen and oxygen atoms in total. The minimum absolute atomic E-state index is 0.754. The molecule has 0 saturated carbocycles. The summed E-state index contributed by atoms with van der Waals surface area (Å²) < 4.78 is 0. The molecular weight excluding hydrogens is 89.7 g/mol. The van der Waals surface area contributed by atoms with Crippen LogP contribution in [0.2, 0.25) is 6.32 Å². The molecule has 0 rings (SSSR count). The van der Waals surface area contributed by atoms with Crippen molar-refractivity contribution in [3.8, 4) is 0 Å². The van der Waals surface area contributed by atoms with E-state index in [1.165, 1.54) is 11.6 Å². The molecule has 0 N–H and O–H groups in total. The highest BCUT2D eigenvalue weighted by Gasteiger charge is 1.75. The number of hydrogen-bond donors (Lipinski definition) is 0. The Kier molecular flexibility index (Phi) is 5.92. The van der Waals surface area contributed by atoms with Crippen LogP contribution >= 0.6 is 11.6 Å². The van der Waals surface area contributed by atoms with Gasteiger partial charge >= 0.3 is 0 Å². The van der Waals surface area contributed by atoms with Crippen LogP contribution < -0.4 is 0 Å². The highest BCUT2D eigenvalue weighted by atomic mass is 32.2. The van der Waals surface area contributed by atoms with Crippen LogP contribution in [0.15, 0.2) is 0 Å². The molecule has 0 bridgehead atoms. The molecule has 0 heterocycles. The number of rotatable bonds is 3. The molecule has 0 unspecified atom stereocenters. The highest BCUT2D eigenvalue weighted by Crippen LogP contribution is 1.94. The molecule has 0 aliphatic carbocycles. The van der Waals surface area contributed by atoms with Crippen LogP contribution in [-0.2, 0) is 0 Å². The van der Waals surface area contributed by atoms with Crippen LogP contribution in [0, 0.1) is 0 Å². The van der Waals surface area contributed by atoms with E-state index < -0.39 is 0 Å². The Hall–Kier alpha value is 0.480. The highest BCUT2D eigenvalue weighted by molar-refractivity contribution is 8.19. The zero-order valence-electron chi connectivity index (χ0n) is 3.68. The topological polar surface area (TPSA) is 0 Å². The minimum atomic E-state index is 0.754. The van der Waals surface area contributed by atoms with Crippen molar-refractivity contribution in [1.29, 1.82) is 0 Å². The van der Waals surface area contributed by atoms with E-state index in [9.17, 15) is 0 Å². The molecule has 0 amide bonds. The van der Waals surface area contributed by atoms with Crippen molar-refractivity contribution < 1.29 is 0 Å². The van der Waals surface area contributed by atoms with Crippen LogP contribution in [-0.4, -0.2) is 20.7 Å². The molecule has 0 aromatic heterocycles. The first-order valence-electron chi connectivity index (χ1n) is 1.93. The molecule has 6 heavy (non-hydrogen) atoms. The van der Waals surface area contributed by atoms with Gasteiger partial charge in [-0.05, 0) is 5.75 Å². The number of hydrogen-bond acceptors (Lipinski definition) is 1. The maximum Gasteiger partial charge on any atom is 0.161 e. The average Bonchev–Trinajstić information content (AvgIpc) is 1.61. The van der Waals surface area contributed by atoms with Crippen molar-refractivity contribution >= 4 is 26.6 Å². The van der Waals surface area contributed by atoms with Gasteiger partial charge in [0.05, 0.1) is 7.85 Å². The molecule has 0 aromatic rings. The summed E-state index contributed by atoms with van der Waals surface area (Å²) in [5, 5.41) is 0. The summed E-state index contributed by atoms with van der Waals surface area (Å²) in [5.41, 5.74) is 0. The van der Waals surface area contributed by atoms with Gasteiger partial charge in [0.2, 0.25) is 0 Å². The second-order valence-corrected chi connectivity index (χ2v) is 1.75. The molecular formula is C3H6B2S. The maximum atomic E-state index is 5.15. The van der Waals surface area contributed by atoms with Gasteiger partial charge < -0.3 is 0 Å². The van der Waals surface area contributed by atoms with Gasteiger partial charge in [-0.1, -0.05) is 12.7 Å². The van der Waals surface area contributed by atoms with E-state index in [2.05, 4.69) is 0 Å². The summed E-state index contributed by atoms with van der Waals surface area (Å²) in [4.78, 5) is 0. The third-order valence-electron chi connectivity index (χ3n) is 0.466. The summed E-state index contributed by atoms with van der Waals surface area (Å²) in [7, 11) is 10.2. The van der Waals surface area contributed by atoms with Crippen LogP contribution in [0.4, 0.5) is 0 Å². The summed E-state index contributed by atoms with van der Waals surface area (Å²) in [5.74, 6) is 0.983. The summed E-state index contributed by atoms with van der Waals surface area (Å²) in [6.07, 6.45) is 1.78.